The van der Waals surface area contributed by atoms with Crippen molar-refractivity contribution in [2.75, 3.05) is 18.1 Å². The fourth-order valence-electron chi connectivity index (χ4n) is 4.79. The van der Waals surface area contributed by atoms with Crippen molar-refractivity contribution in [2.24, 2.45) is 0 Å². The smallest absolute Gasteiger partial charge is 0.350 e. The van der Waals surface area contributed by atoms with E-state index in [9.17, 15) is 19.5 Å². The Morgan fingerprint density at radius 3 is 2.47 bits per heavy atom. The molecule has 45 heavy (non-hydrogen) atoms. The molecule has 5 rings (SSSR count). The summed E-state index contributed by atoms with van der Waals surface area (Å²) in [5.41, 5.74) is 1.04. The van der Waals surface area contributed by atoms with Crippen molar-refractivity contribution in [3.05, 3.63) is 119 Å². The van der Waals surface area contributed by atoms with E-state index in [1.807, 2.05) is 18.2 Å². The van der Waals surface area contributed by atoms with Crippen LogP contribution >= 0.6 is 11.3 Å². The molecule has 2 heterocycles. The van der Waals surface area contributed by atoms with Gasteiger partial charge in [-0.1, -0.05) is 67.7 Å². The monoisotopic (exact) mass is 624 g/mol. The molecule has 1 N–H and O–H groups in total. The Kier molecular flexibility index (Phi) is 9.74. The van der Waals surface area contributed by atoms with Crippen LogP contribution in [0.15, 0.2) is 97.1 Å². The molecular formula is C35H32N2O7S. The molecule has 4 aromatic rings. The van der Waals surface area contributed by atoms with Gasteiger partial charge in [-0.05, 0) is 67.4 Å². The molecule has 1 aliphatic rings. The van der Waals surface area contributed by atoms with E-state index in [1.165, 1.54) is 11.0 Å². The zero-order valence-corrected chi connectivity index (χ0v) is 25.7. The van der Waals surface area contributed by atoms with Crippen molar-refractivity contribution in [3.63, 3.8) is 0 Å². The van der Waals surface area contributed by atoms with Crippen LogP contribution in [0.2, 0.25) is 0 Å². The van der Waals surface area contributed by atoms with E-state index >= 15 is 0 Å². The third kappa shape index (κ3) is 6.81. The van der Waals surface area contributed by atoms with Gasteiger partial charge in [0, 0.05) is 5.56 Å². The van der Waals surface area contributed by atoms with Crippen LogP contribution in [0, 0.1) is 6.92 Å². The lowest BCUT2D eigenvalue weighted by Gasteiger charge is -2.23. The van der Waals surface area contributed by atoms with Crippen molar-refractivity contribution < 1.29 is 33.7 Å². The molecule has 9 nitrogen and oxygen atoms in total. The highest BCUT2D eigenvalue weighted by Gasteiger charge is 2.48. The standard InChI is InChI=1S/C35H32N2O7S/c1-4-6-20-42-25-17-15-23(16-18-25)30(38)28-29(24-11-10-14-27(21-24)44-26-12-8-7-9-13-26)37(33(40)31(28)39)35-36-22(3)32(45-35)34(41)43-19-5-2/h5,7-18,21,29,38H,2,4,6,19-20H2,1,3H3/b30-28-. The van der Waals surface area contributed by atoms with Gasteiger partial charge in [0.25, 0.3) is 5.78 Å². The van der Waals surface area contributed by atoms with Crippen molar-refractivity contribution in [1.82, 2.24) is 4.98 Å². The largest absolute Gasteiger partial charge is 0.507 e. The molecular weight excluding hydrogens is 592 g/mol. The fraction of sp³-hybridized carbons (Fsp3) is 0.200. The number of unbranched alkanes of at least 4 members (excludes halogenated alkanes) is 1. The zero-order chi connectivity index (χ0) is 31.9. The Morgan fingerprint density at radius 1 is 1.02 bits per heavy atom. The molecule has 1 amide bonds. The SMILES string of the molecule is C=CCOC(=O)c1sc(N2C(=O)C(=O)/C(=C(\O)c3ccc(OCCCC)cc3)C2c2cccc(Oc3ccccc3)c2)nc1C. The third-order valence-corrected chi connectivity index (χ3v) is 8.14. The maximum atomic E-state index is 13.7. The Morgan fingerprint density at radius 2 is 1.76 bits per heavy atom. The first-order valence-electron chi connectivity index (χ1n) is 14.4. The number of benzene rings is 3. The molecule has 3 aromatic carbocycles. The fourth-order valence-corrected chi connectivity index (χ4v) is 5.78. The van der Waals surface area contributed by atoms with E-state index in [2.05, 4.69) is 18.5 Å². The minimum Gasteiger partial charge on any atom is -0.507 e. The van der Waals surface area contributed by atoms with Crippen LogP contribution in [0.25, 0.3) is 5.76 Å². The number of amides is 1. The number of anilines is 1. The molecule has 0 aliphatic carbocycles. The highest BCUT2D eigenvalue weighted by molar-refractivity contribution is 7.17. The number of Topliss-reactive ketones (excluding diaryl/α,β-unsaturated/α-hetero) is 1. The second-order valence-corrected chi connectivity index (χ2v) is 11.2. The molecule has 0 spiro atoms. The summed E-state index contributed by atoms with van der Waals surface area (Å²) in [6.07, 6.45) is 3.34. The second-order valence-electron chi connectivity index (χ2n) is 10.2. The maximum Gasteiger partial charge on any atom is 0.350 e. The predicted molar refractivity (Wildman–Crippen MR) is 172 cm³/mol. The minimum atomic E-state index is -1.08. The number of para-hydroxylation sites is 1. The van der Waals surface area contributed by atoms with E-state index in [1.54, 1.807) is 67.6 Å². The summed E-state index contributed by atoms with van der Waals surface area (Å²) >= 11 is 0.928. The normalized spacial score (nSPS) is 15.6. The van der Waals surface area contributed by atoms with Crippen LogP contribution in [0.1, 0.15) is 52.3 Å². The molecule has 1 fully saturated rings. The Bertz CT molecular complexity index is 1750. The van der Waals surface area contributed by atoms with Gasteiger partial charge in [-0.3, -0.25) is 14.5 Å². The Hall–Kier alpha value is -5.22. The average molecular weight is 625 g/mol. The molecule has 10 heteroatoms. The van der Waals surface area contributed by atoms with Gasteiger partial charge in [0.05, 0.1) is 23.9 Å². The van der Waals surface area contributed by atoms with E-state index in [-0.39, 0.29) is 27.9 Å². The first kappa shape index (κ1) is 31.2. The maximum absolute atomic E-state index is 13.7. The van der Waals surface area contributed by atoms with Gasteiger partial charge < -0.3 is 19.3 Å². The quantitative estimate of drug-likeness (QED) is 0.0433. The molecule has 1 saturated heterocycles. The number of thiazole rings is 1. The first-order valence-corrected chi connectivity index (χ1v) is 15.3. The van der Waals surface area contributed by atoms with E-state index in [0.717, 1.165) is 24.2 Å². The van der Waals surface area contributed by atoms with E-state index in [4.69, 9.17) is 14.2 Å². The van der Waals surface area contributed by atoms with Gasteiger partial charge in [0.2, 0.25) is 0 Å². The lowest BCUT2D eigenvalue weighted by Crippen LogP contribution is -2.29. The first-order chi connectivity index (χ1) is 21.8. The van der Waals surface area contributed by atoms with Gasteiger partial charge in [-0.2, -0.15) is 0 Å². The van der Waals surface area contributed by atoms with Crippen LogP contribution in [-0.2, 0) is 14.3 Å². The minimum absolute atomic E-state index is 0.00661. The van der Waals surface area contributed by atoms with E-state index in [0.29, 0.717) is 40.7 Å². The van der Waals surface area contributed by atoms with Gasteiger partial charge in [-0.15, -0.1) is 0 Å². The van der Waals surface area contributed by atoms with Crippen LogP contribution < -0.4 is 14.4 Å². The Labute approximate surface area is 265 Å². The van der Waals surface area contributed by atoms with Crippen LogP contribution in [0.4, 0.5) is 5.13 Å². The second kappa shape index (κ2) is 14.0. The molecule has 0 bridgehead atoms. The number of aromatic nitrogens is 1. The number of nitrogens with zero attached hydrogens (tertiary/aromatic N) is 2. The zero-order valence-electron chi connectivity index (χ0n) is 24.9. The summed E-state index contributed by atoms with van der Waals surface area (Å²) in [7, 11) is 0. The number of aliphatic hydroxyl groups excluding tert-OH is 1. The number of carbonyl (C=O) groups is 3. The van der Waals surface area contributed by atoms with Gasteiger partial charge in [-0.25, -0.2) is 9.78 Å². The summed E-state index contributed by atoms with van der Waals surface area (Å²) in [4.78, 5) is 45.9. The number of esters is 1. The van der Waals surface area contributed by atoms with Crippen molar-refractivity contribution in [3.8, 4) is 17.2 Å². The van der Waals surface area contributed by atoms with Crippen molar-refractivity contribution in [1.29, 1.82) is 0 Å². The third-order valence-electron chi connectivity index (χ3n) is 7.00. The van der Waals surface area contributed by atoms with Gasteiger partial charge in [0.1, 0.15) is 34.5 Å². The van der Waals surface area contributed by atoms with Crippen molar-refractivity contribution >= 4 is 39.9 Å². The van der Waals surface area contributed by atoms with E-state index < -0.39 is 23.7 Å². The molecule has 1 aliphatic heterocycles. The predicted octanol–water partition coefficient (Wildman–Crippen LogP) is 7.39. The van der Waals surface area contributed by atoms with Crippen LogP contribution in [0.5, 0.6) is 17.2 Å². The summed E-state index contributed by atoms with van der Waals surface area (Å²) in [5.74, 6) is -1.08. The molecule has 0 saturated carbocycles. The summed E-state index contributed by atoms with van der Waals surface area (Å²) in [6.45, 7) is 7.82. The summed E-state index contributed by atoms with van der Waals surface area (Å²) < 4.78 is 17.0. The van der Waals surface area contributed by atoms with Crippen LogP contribution in [0.3, 0.4) is 0 Å². The number of ketones is 1. The molecule has 1 unspecified atom stereocenters. The molecule has 1 aromatic heterocycles. The molecule has 1 atom stereocenters. The number of hydrogen-bond donors (Lipinski definition) is 1. The highest BCUT2D eigenvalue weighted by Crippen LogP contribution is 2.45. The van der Waals surface area contributed by atoms with Gasteiger partial charge >= 0.3 is 11.9 Å². The lowest BCUT2D eigenvalue weighted by molar-refractivity contribution is -0.132. The Balaban J connectivity index is 1.60. The average Bonchev–Trinajstić information content (AvgIpc) is 3.56. The topological polar surface area (TPSA) is 115 Å². The van der Waals surface area contributed by atoms with Crippen LogP contribution in [-0.4, -0.2) is 41.0 Å². The summed E-state index contributed by atoms with van der Waals surface area (Å²) in [5, 5.41) is 11.7. The number of hydrogen-bond acceptors (Lipinski definition) is 9. The lowest BCUT2D eigenvalue weighted by atomic mass is 9.95. The number of ether oxygens (including phenoxy) is 3. The molecule has 230 valence electrons. The molecule has 0 radical (unpaired) electrons. The van der Waals surface area contributed by atoms with Crippen molar-refractivity contribution in [2.45, 2.75) is 32.7 Å². The number of carbonyl (C=O) groups excluding carboxylic acids is 3. The summed E-state index contributed by atoms with van der Waals surface area (Å²) in [6, 6.07) is 21.7. The number of aliphatic hydroxyl groups is 1. The number of rotatable bonds is 12. The number of aryl methyl sites for hydroxylation is 1. The highest BCUT2D eigenvalue weighted by atomic mass is 32.1. The van der Waals surface area contributed by atoms with Gasteiger partial charge in [0.15, 0.2) is 5.13 Å².